The van der Waals surface area contributed by atoms with Crippen molar-refractivity contribution in [3.8, 4) is 0 Å². The number of fused-ring (bicyclic) bond motifs is 1. The molecule has 0 bridgehead atoms. The van der Waals surface area contributed by atoms with Crippen LogP contribution in [-0.4, -0.2) is 61.7 Å². The summed E-state index contributed by atoms with van der Waals surface area (Å²) in [7, 11) is 0. The van der Waals surface area contributed by atoms with Gasteiger partial charge in [0.05, 0.1) is 35.2 Å². The normalized spacial score (nSPS) is 18.1. The summed E-state index contributed by atoms with van der Waals surface area (Å²) in [6.45, 7) is 3.18. The molecular formula is C28H27FN6O2. The van der Waals surface area contributed by atoms with Gasteiger partial charge in [0.2, 0.25) is 0 Å². The number of hydrogen-bond acceptors (Lipinski definition) is 4. The lowest BCUT2D eigenvalue weighted by Crippen LogP contribution is -2.45. The van der Waals surface area contributed by atoms with Crippen LogP contribution in [0.25, 0.3) is 27.8 Å². The molecule has 0 unspecified atom stereocenters. The van der Waals surface area contributed by atoms with Crippen LogP contribution in [0.2, 0.25) is 0 Å². The van der Waals surface area contributed by atoms with E-state index in [-0.39, 0.29) is 24.2 Å². The predicted molar refractivity (Wildman–Crippen MR) is 138 cm³/mol. The molecule has 0 spiro atoms. The number of benzene rings is 1. The molecule has 0 radical (unpaired) electrons. The van der Waals surface area contributed by atoms with Gasteiger partial charge in [-0.3, -0.25) is 9.20 Å². The van der Waals surface area contributed by atoms with E-state index in [1.54, 1.807) is 6.20 Å². The maximum absolute atomic E-state index is 15.0. The van der Waals surface area contributed by atoms with E-state index < -0.39 is 0 Å². The number of carbonyl (C=O) groups excluding carboxylic acids is 2. The average Bonchev–Trinajstić information content (AvgIpc) is 3.57. The molecule has 0 saturated carbocycles. The van der Waals surface area contributed by atoms with E-state index in [4.69, 9.17) is 0 Å². The van der Waals surface area contributed by atoms with E-state index >= 15 is 4.39 Å². The van der Waals surface area contributed by atoms with Crippen molar-refractivity contribution in [1.82, 2.24) is 29.1 Å². The van der Waals surface area contributed by atoms with Gasteiger partial charge in [-0.25, -0.2) is 14.2 Å². The number of ketones is 1. The minimum atomic E-state index is -0.371. The molecule has 8 nitrogen and oxygen atoms in total. The van der Waals surface area contributed by atoms with Gasteiger partial charge < -0.3 is 19.7 Å². The Morgan fingerprint density at radius 1 is 1.03 bits per heavy atom. The molecule has 1 saturated heterocycles. The number of amides is 2. The van der Waals surface area contributed by atoms with Crippen LogP contribution in [0, 0.1) is 5.82 Å². The predicted octanol–water partition coefficient (Wildman–Crippen LogP) is 3.89. The number of urea groups is 1. The number of pyridine rings is 1. The molecule has 3 aromatic heterocycles. The molecule has 1 fully saturated rings. The molecule has 0 aliphatic carbocycles. The fourth-order valence-corrected chi connectivity index (χ4v) is 6.05. The van der Waals surface area contributed by atoms with Crippen molar-refractivity contribution in [1.29, 1.82) is 0 Å². The summed E-state index contributed by atoms with van der Waals surface area (Å²) in [5, 5.41) is 3.96. The highest BCUT2D eigenvalue weighted by Gasteiger charge is 2.32. The zero-order chi connectivity index (χ0) is 25.1. The van der Waals surface area contributed by atoms with Crippen molar-refractivity contribution in [2.75, 3.05) is 26.2 Å². The molecule has 7 rings (SSSR count). The first-order valence-electron chi connectivity index (χ1n) is 12.9. The van der Waals surface area contributed by atoms with Gasteiger partial charge >= 0.3 is 6.03 Å². The summed E-state index contributed by atoms with van der Waals surface area (Å²) in [4.78, 5) is 34.7. The number of hydrogen-bond donors (Lipinski definition) is 1. The van der Waals surface area contributed by atoms with Crippen LogP contribution < -0.4 is 5.32 Å². The van der Waals surface area contributed by atoms with E-state index in [2.05, 4.69) is 14.9 Å². The number of piperidine rings is 1. The molecule has 4 aromatic rings. The molecule has 6 heterocycles. The highest BCUT2D eigenvalue weighted by Crippen LogP contribution is 2.38. The fraction of sp³-hybridized carbons (Fsp3) is 0.321. The van der Waals surface area contributed by atoms with Crippen LogP contribution in [0.1, 0.15) is 36.1 Å². The number of likely N-dealkylation sites (tertiary alicyclic amines) is 1. The molecule has 3 aliphatic rings. The maximum Gasteiger partial charge on any atom is 0.320 e. The Kier molecular flexibility index (Phi) is 5.05. The van der Waals surface area contributed by atoms with E-state index in [0.29, 0.717) is 41.9 Å². The van der Waals surface area contributed by atoms with Crippen molar-refractivity contribution >= 4 is 39.6 Å². The summed E-state index contributed by atoms with van der Waals surface area (Å²) in [5.41, 5.74) is 5.19. The maximum atomic E-state index is 15.0. The highest BCUT2D eigenvalue weighted by molar-refractivity contribution is 6.33. The van der Waals surface area contributed by atoms with Crippen LogP contribution in [-0.2, 0) is 17.9 Å². The van der Waals surface area contributed by atoms with Crippen LogP contribution in [0.3, 0.4) is 0 Å². The molecular weight excluding hydrogens is 471 g/mol. The molecule has 3 aliphatic heterocycles. The first-order chi connectivity index (χ1) is 18.1. The van der Waals surface area contributed by atoms with Gasteiger partial charge in [0.25, 0.3) is 0 Å². The monoisotopic (exact) mass is 498 g/mol. The third kappa shape index (κ3) is 3.52. The third-order valence-corrected chi connectivity index (χ3v) is 7.78. The van der Waals surface area contributed by atoms with Crippen molar-refractivity contribution in [3.05, 3.63) is 71.6 Å². The smallest absolute Gasteiger partial charge is 0.320 e. The first kappa shape index (κ1) is 22.1. The Labute approximate surface area is 213 Å². The highest BCUT2D eigenvalue weighted by atomic mass is 19.1. The fourth-order valence-electron chi connectivity index (χ4n) is 6.05. The van der Waals surface area contributed by atoms with E-state index in [1.165, 1.54) is 12.1 Å². The number of rotatable bonds is 2. The Hall–Kier alpha value is -4.14. The lowest BCUT2D eigenvalue weighted by molar-refractivity contribution is -0.112. The molecule has 37 heavy (non-hydrogen) atoms. The number of aromatic nitrogens is 3. The molecule has 1 aromatic carbocycles. The number of Topliss-reactive ketones (excluding diaryl/α,β-unsaturated/α-hetero) is 1. The molecule has 1 N–H and O–H groups in total. The minimum absolute atomic E-state index is 0.0239. The summed E-state index contributed by atoms with van der Waals surface area (Å²) in [5.74, 6) is -0.408. The number of halogens is 1. The van der Waals surface area contributed by atoms with Gasteiger partial charge in [-0.2, -0.15) is 0 Å². The standard InChI is InChI=1S/C28H27FN6O2/c29-19-12-18-16-34(28(37)32-7-3-1-4-8-32)11-10-33-17-21(20(13-19)27(18)33)25-23(36)15-31-26(25)22-14-30-24-6-2-5-9-35(22)24/h2,5-6,9,12-14,17,31H,1,3-4,7-8,10-11,15-16H2. The van der Waals surface area contributed by atoms with Gasteiger partial charge in [-0.15, -0.1) is 0 Å². The zero-order valence-electron chi connectivity index (χ0n) is 20.4. The number of nitrogens with zero attached hydrogens (tertiary/aromatic N) is 5. The topological polar surface area (TPSA) is 74.9 Å². The minimum Gasteiger partial charge on any atom is -0.375 e. The summed E-state index contributed by atoms with van der Waals surface area (Å²) >= 11 is 0. The summed E-state index contributed by atoms with van der Waals surface area (Å²) in [6, 6.07) is 8.82. The zero-order valence-corrected chi connectivity index (χ0v) is 20.4. The summed E-state index contributed by atoms with van der Waals surface area (Å²) < 4.78 is 19.0. The van der Waals surface area contributed by atoms with E-state index in [1.807, 2.05) is 44.8 Å². The number of imidazole rings is 1. The Balaban J connectivity index is 1.34. The van der Waals surface area contributed by atoms with Gasteiger partial charge in [0, 0.05) is 56.1 Å². The third-order valence-electron chi connectivity index (χ3n) is 7.78. The van der Waals surface area contributed by atoms with Gasteiger partial charge in [-0.1, -0.05) is 6.07 Å². The van der Waals surface area contributed by atoms with Crippen molar-refractivity contribution in [2.45, 2.75) is 32.4 Å². The summed E-state index contributed by atoms with van der Waals surface area (Å²) in [6.07, 6.45) is 8.84. The second-order valence-corrected chi connectivity index (χ2v) is 10.0. The average molecular weight is 499 g/mol. The van der Waals surface area contributed by atoms with Crippen molar-refractivity contribution in [2.24, 2.45) is 0 Å². The first-order valence-corrected chi connectivity index (χ1v) is 12.9. The van der Waals surface area contributed by atoms with Crippen molar-refractivity contribution in [3.63, 3.8) is 0 Å². The van der Waals surface area contributed by atoms with Crippen molar-refractivity contribution < 1.29 is 14.0 Å². The second-order valence-electron chi connectivity index (χ2n) is 10.0. The molecule has 9 heteroatoms. The quantitative estimate of drug-likeness (QED) is 0.455. The molecule has 188 valence electrons. The van der Waals surface area contributed by atoms with E-state index in [0.717, 1.165) is 54.8 Å². The lowest BCUT2D eigenvalue weighted by Gasteiger charge is -2.32. The Morgan fingerprint density at radius 2 is 1.89 bits per heavy atom. The molecule has 2 amide bonds. The van der Waals surface area contributed by atoms with Crippen LogP contribution in [0.15, 0.2) is 48.9 Å². The SMILES string of the molecule is O=C1CNC(c2cnc3ccccn23)=C1c1cn2c3c(cc(F)cc13)CN(C(=O)N1CCCCC1)CC2. The van der Waals surface area contributed by atoms with Gasteiger partial charge in [-0.05, 0) is 49.1 Å². The molecule has 0 atom stereocenters. The lowest BCUT2D eigenvalue weighted by atomic mass is 9.99. The van der Waals surface area contributed by atoms with Gasteiger partial charge in [0.1, 0.15) is 11.5 Å². The number of carbonyl (C=O) groups is 2. The van der Waals surface area contributed by atoms with Gasteiger partial charge in [0.15, 0.2) is 5.78 Å². The number of nitrogens with one attached hydrogen (secondary N) is 1. The van der Waals surface area contributed by atoms with Crippen LogP contribution in [0.4, 0.5) is 9.18 Å². The van der Waals surface area contributed by atoms with E-state index in [9.17, 15) is 9.59 Å². The Morgan fingerprint density at radius 3 is 2.76 bits per heavy atom. The van der Waals surface area contributed by atoms with Crippen LogP contribution in [0.5, 0.6) is 0 Å². The largest absolute Gasteiger partial charge is 0.375 e. The Bertz CT molecular complexity index is 1610. The second kappa shape index (κ2) is 8.47. The van der Waals surface area contributed by atoms with Crippen LogP contribution >= 0.6 is 0 Å².